The molecule has 4 N–H and O–H groups in total. The normalized spacial score (nSPS) is 24.0. The average molecular weight is 441 g/mol. The molecule has 3 saturated heterocycles. The molecule has 1 aromatic carbocycles. The first-order chi connectivity index (χ1) is 15.6. The number of rotatable bonds is 4. The topological polar surface area (TPSA) is 109 Å². The fourth-order valence-electron chi connectivity index (χ4n) is 5.03. The van der Waals surface area contributed by atoms with Crippen LogP contribution in [0.1, 0.15) is 12.8 Å². The molecule has 1 spiro atoms. The van der Waals surface area contributed by atoms with Crippen LogP contribution < -0.4 is 16.0 Å². The highest BCUT2D eigenvalue weighted by Gasteiger charge is 2.40. The highest BCUT2D eigenvalue weighted by Crippen LogP contribution is 2.36. The summed E-state index contributed by atoms with van der Waals surface area (Å²) >= 11 is 0. The Hall–Kier alpha value is -2.46. The van der Waals surface area contributed by atoms with E-state index in [1.54, 1.807) is 12.1 Å². The van der Waals surface area contributed by atoms with Gasteiger partial charge in [0.1, 0.15) is 5.75 Å². The number of phenols is 1. The lowest BCUT2D eigenvalue weighted by Crippen LogP contribution is -2.58. The maximum absolute atomic E-state index is 10.2. The number of piperidine rings is 1. The molecule has 9 heteroatoms. The summed E-state index contributed by atoms with van der Waals surface area (Å²) in [5.74, 6) is 0.594. The van der Waals surface area contributed by atoms with Gasteiger partial charge in [-0.15, -0.1) is 10.2 Å². The maximum atomic E-state index is 10.2. The second-order valence-corrected chi connectivity index (χ2v) is 8.97. The predicted molar refractivity (Wildman–Crippen MR) is 123 cm³/mol. The summed E-state index contributed by atoms with van der Waals surface area (Å²) in [5.41, 5.74) is 8.21. The van der Waals surface area contributed by atoms with Gasteiger partial charge in [-0.05, 0) is 31.0 Å². The van der Waals surface area contributed by atoms with Gasteiger partial charge in [-0.3, -0.25) is 4.90 Å². The second-order valence-electron chi connectivity index (χ2n) is 8.97. The Morgan fingerprint density at radius 1 is 1.16 bits per heavy atom. The molecule has 0 bridgehead atoms. The molecule has 1 aromatic heterocycles. The number of anilines is 2. The van der Waals surface area contributed by atoms with Crippen molar-refractivity contribution >= 4 is 11.5 Å². The lowest BCUT2D eigenvalue weighted by atomic mass is 9.89. The maximum Gasteiger partial charge on any atom is 0.169 e. The fourth-order valence-corrected chi connectivity index (χ4v) is 5.03. The van der Waals surface area contributed by atoms with Crippen LogP contribution in [0.4, 0.5) is 11.5 Å². The summed E-state index contributed by atoms with van der Waals surface area (Å²) in [6.07, 6.45) is 2.12. The summed E-state index contributed by atoms with van der Waals surface area (Å²) < 4.78 is 12.2. The van der Waals surface area contributed by atoms with Crippen molar-refractivity contribution in [1.29, 1.82) is 0 Å². The molecular formula is C23H32N6O3. The van der Waals surface area contributed by atoms with Crippen molar-refractivity contribution in [2.75, 3.05) is 69.7 Å². The summed E-state index contributed by atoms with van der Waals surface area (Å²) in [6.45, 7) is 7.94. The van der Waals surface area contributed by atoms with E-state index in [0.29, 0.717) is 17.1 Å². The number of hydrogen-bond donors (Lipinski definition) is 3. The lowest BCUT2D eigenvalue weighted by molar-refractivity contribution is -0.129. The number of phenolic OH excluding ortho intramolecular Hbond substituents is 1. The Morgan fingerprint density at radius 2 is 2.00 bits per heavy atom. The van der Waals surface area contributed by atoms with Crippen LogP contribution in [0.2, 0.25) is 0 Å². The van der Waals surface area contributed by atoms with E-state index >= 15 is 0 Å². The first-order valence-corrected chi connectivity index (χ1v) is 11.5. The van der Waals surface area contributed by atoms with Crippen LogP contribution in [0.25, 0.3) is 11.3 Å². The van der Waals surface area contributed by atoms with Crippen molar-refractivity contribution in [3.8, 4) is 17.0 Å². The molecule has 3 aliphatic heterocycles. The molecular weight excluding hydrogens is 408 g/mol. The van der Waals surface area contributed by atoms with Crippen molar-refractivity contribution in [2.24, 2.45) is 0 Å². The smallest absolute Gasteiger partial charge is 0.169 e. The van der Waals surface area contributed by atoms with Crippen molar-refractivity contribution in [2.45, 2.75) is 24.5 Å². The van der Waals surface area contributed by atoms with E-state index in [-0.39, 0.29) is 17.5 Å². The third kappa shape index (κ3) is 4.52. The van der Waals surface area contributed by atoms with Gasteiger partial charge >= 0.3 is 0 Å². The Kier molecular flexibility index (Phi) is 6.14. The number of hydrogen-bond acceptors (Lipinski definition) is 9. The summed E-state index contributed by atoms with van der Waals surface area (Å²) in [6, 6.07) is 9.08. The molecule has 0 amide bonds. The molecule has 4 heterocycles. The first-order valence-electron chi connectivity index (χ1n) is 11.5. The highest BCUT2D eigenvalue weighted by molar-refractivity contribution is 5.74. The van der Waals surface area contributed by atoms with E-state index in [1.165, 1.54) is 0 Å². The number of nitrogens with one attached hydrogen (secondary N) is 1. The van der Waals surface area contributed by atoms with Crippen LogP contribution in [-0.4, -0.2) is 90.9 Å². The number of morpholine rings is 2. The van der Waals surface area contributed by atoms with E-state index in [9.17, 15) is 5.11 Å². The van der Waals surface area contributed by atoms with Gasteiger partial charge in [0.2, 0.25) is 0 Å². The number of benzene rings is 1. The molecule has 9 nitrogen and oxygen atoms in total. The summed E-state index contributed by atoms with van der Waals surface area (Å²) in [5, 5.41) is 22.0. The van der Waals surface area contributed by atoms with E-state index in [0.717, 1.165) is 77.6 Å². The van der Waals surface area contributed by atoms with Gasteiger partial charge in [-0.1, -0.05) is 12.1 Å². The minimum Gasteiger partial charge on any atom is -0.507 e. The van der Waals surface area contributed by atoms with Gasteiger partial charge in [0, 0.05) is 51.4 Å². The van der Waals surface area contributed by atoms with Crippen molar-refractivity contribution < 1.29 is 14.6 Å². The Balaban J connectivity index is 1.25. The predicted octanol–water partition coefficient (Wildman–Crippen LogP) is 1.09. The molecule has 172 valence electrons. The zero-order valence-electron chi connectivity index (χ0n) is 18.4. The number of nitrogens with two attached hydrogens (primary N) is 1. The molecule has 3 aliphatic rings. The fraction of sp³-hybridized carbons (Fsp3) is 0.565. The number of ether oxygens (including phenoxy) is 2. The van der Waals surface area contributed by atoms with E-state index in [1.807, 2.05) is 18.2 Å². The monoisotopic (exact) mass is 440 g/mol. The van der Waals surface area contributed by atoms with Crippen molar-refractivity contribution in [3.63, 3.8) is 0 Å². The molecule has 0 unspecified atom stereocenters. The van der Waals surface area contributed by atoms with E-state index < -0.39 is 0 Å². The van der Waals surface area contributed by atoms with Gasteiger partial charge in [0.25, 0.3) is 0 Å². The molecule has 32 heavy (non-hydrogen) atoms. The van der Waals surface area contributed by atoms with Crippen molar-refractivity contribution in [1.82, 2.24) is 20.4 Å². The van der Waals surface area contributed by atoms with Gasteiger partial charge in [0.05, 0.1) is 36.3 Å². The molecule has 1 atom stereocenters. The second kappa shape index (κ2) is 9.19. The minimum atomic E-state index is -0.118. The lowest BCUT2D eigenvalue weighted by Gasteiger charge is -2.48. The standard InChI is InChI=1S/C23H32N6O3/c24-22-20(13-19(26-27-22)18-3-1-2-4-21(18)30)29-8-5-23(6-9-29)16-28(10-12-32-23)15-17-14-25-7-11-31-17/h1-4,13,17,25,30H,5-12,14-16H2,(H2,24,27)/t17-/m1/s1. The van der Waals surface area contributed by atoms with E-state index in [4.69, 9.17) is 15.2 Å². The largest absolute Gasteiger partial charge is 0.507 e. The number of aromatic nitrogens is 2. The molecule has 0 saturated carbocycles. The quantitative estimate of drug-likeness (QED) is 0.644. The van der Waals surface area contributed by atoms with Crippen LogP contribution in [-0.2, 0) is 9.47 Å². The third-order valence-electron chi connectivity index (χ3n) is 6.79. The zero-order valence-corrected chi connectivity index (χ0v) is 18.4. The SMILES string of the molecule is Nc1nnc(-c2ccccc2O)cc1N1CCC2(CC1)CN(C[C@H]1CNCCO1)CCO2. The summed E-state index contributed by atoms with van der Waals surface area (Å²) in [7, 11) is 0. The first kappa shape index (κ1) is 21.4. The molecule has 2 aromatic rings. The van der Waals surface area contributed by atoms with Crippen LogP contribution in [0.15, 0.2) is 30.3 Å². The van der Waals surface area contributed by atoms with Gasteiger partial charge in [-0.2, -0.15) is 0 Å². The number of aromatic hydroxyl groups is 1. The Bertz CT molecular complexity index is 928. The minimum absolute atomic E-state index is 0.118. The van der Waals surface area contributed by atoms with Crippen LogP contribution in [0.3, 0.4) is 0 Å². The number of nitrogens with zero attached hydrogens (tertiary/aromatic N) is 4. The zero-order chi connectivity index (χ0) is 22.0. The van der Waals surface area contributed by atoms with Gasteiger partial charge in [0.15, 0.2) is 5.82 Å². The van der Waals surface area contributed by atoms with Crippen LogP contribution in [0.5, 0.6) is 5.75 Å². The summed E-state index contributed by atoms with van der Waals surface area (Å²) in [4.78, 5) is 4.75. The van der Waals surface area contributed by atoms with Crippen LogP contribution >= 0.6 is 0 Å². The molecule has 0 radical (unpaired) electrons. The Morgan fingerprint density at radius 3 is 2.78 bits per heavy atom. The third-order valence-corrected chi connectivity index (χ3v) is 6.79. The van der Waals surface area contributed by atoms with E-state index in [2.05, 4.69) is 25.3 Å². The highest BCUT2D eigenvalue weighted by atomic mass is 16.5. The van der Waals surface area contributed by atoms with Gasteiger partial charge in [-0.25, -0.2) is 0 Å². The number of nitrogen functional groups attached to an aromatic ring is 1. The molecule has 0 aliphatic carbocycles. The number of para-hydroxylation sites is 1. The van der Waals surface area contributed by atoms with Crippen LogP contribution in [0, 0.1) is 0 Å². The molecule has 3 fully saturated rings. The Labute approximate surface area is 188 Å². The van der Waals surface area contributed by atoms with Crippen molar-refractivity contribution in [3.05, 3.63) is 30.3 Å². The average Bonchev–Trinajstić information content (AvgIpc) is 2.81. The molecule has 5 rings (SSSR count). The van der Waals surface area contributed by atoms with Gasteiger partial charge < -0.3 is 30.5 Å².